The summed E-state index contributed by atoms with van der Waals surface area (Å²) in [5, 5.41) is 8.80. The average molecular weight is 442 g/mol. The minimum absolute atomic E-state index is 0.00701. The van der Waals surface area contributed by atoms with Gasteiger partial charge in [0, 0.05) is 18.5 Å². The van der Waals surface area contributed by atoms with Gasteiger partial charge in [0.05, 0.1) is 38.8 Å². The van der Waals surface area contributed by atoms with E-state index in [4.69, 9.17) is 19.5 Å². The van der Waals surface area contributed by atoms with Crippen LogP contribution in [0.25, 0.3) is 0 Å². The van der Waals surface area contributed by atoms with Crippen LogP contribution in [-0.2, 0) is 14.3 Å². The predicted molar refractivity (Wildman–Crippen MR) is 113 cm³/mol. The lowest BCUT2D eigenvalue weighted by Crippen LogP contribution is -2.36. The van der Waals surface area contributed by atoms with Crippen molar-refractivity contribution in [1.29, 1.82) is 5.26 Å². The van der Waals surface area contributed by atoms with Crippen LogP contribution < -0.4 is 14.4 Å². The molecule has 0 saturated carbocycles. The maximum absolute atomic E-state index is 14.1. The van der Waals surface area contributed by atoms with E-state index < -0.39 is 24.3 Å². The molecule has 2 aromatic carbocycles. The molecule has 8 nitrogen and oxygen atoms in total. The van der Waals surface area contributed by atoms with E-state index in [2.05, 4.69) is 0 Å². The molecule has 0 saturated heterocycles. The van der Waals surface area contributed by atoms with E-state index in [0.29, 0.717) is 17.1 Å². The maximum atomic E-state index is 14.1. The quantitative estimate of drug-likeness (QED) is 0.388. The first kappa shape index (κ1) is 24.3. The minimum Gasteiger partial charge on any atom is -0.493 e. The number of nitrogens with zero attached hydrogens (tertiary/aromatic N) is 2. The van der Waals surface area contributed by atoms with Crippen LogP contribution in [0, 0.1) is 17.1 Å². The van der Waals surface area contributed by atoms with Gasteiger partial charge < -0.3 is 19.1 Å². The summed E-state index contributed by atoms with van der Waals surface area (Å²) in [7, 11) is 2.92. The molecular weight excluding hydrogens is 419 g/mol. The Labute approximate surface area is 185 Å². The van der Waals surface area contributed by atoms with Crippen molar-refractivity contribution < 1.29 is 33.0 Å². The Morgan fingerprint density at radius 3 is 2.41 bits per heavy atom. The molecule has 0 bridgehead atoms. The van der Waals surface area contributed by atoms with E-state index in [1.165, 1.54) is 38.5 Å². The topological polar surface area (TPSA) is 106 Å². The molecule has 2 rings (SSSR count). The minimum atomic E-state index is -0.749. The van der Waals surface area contributed by atoms with Gasteiger partial charge in [-0.15, -0.1) is 0 Å². The molecule has 0 radical (unpaired) electrons. The Kier molecular flexibility index (Phi) is 9.17. The summed E-state index contributed by atoms with van der Waals surface area (Å²) in [4.78, 5) is 37.9. The standard InChI is InChI=1S/C23H23FN2O6/c1-30-20-10-8-16(14-21(20)31-2)19(27)9-11-23(29)32-15-22(28)26(13-5-12-25)18-7-4-3-6-17(18)24/h3-4,6-8,10,14H,5,9,11,13,15H2,1-2H3. The second-order valence-corrected chi connectivity index (χ2v) is 6.56. The molecule has 0 atom stereocenters. The number of halogens is 1. The van der Waals surface area contributed by atoms with Crippen LogP contribution in [0.2, 0.25) is 0 Å². The summed E-state index contributed by atoms with van der Waals surface area (Å²) in [5.41, 5.74) is 0.334. The van der Waals surface area contributed by atoms with Crippen molar-refractivity contribution in [2.24, 2.45) is 0 Å². The third-order valence-corrected chi connectivity index (χ3v) is 4.51. The molecule has 0 spiro atoms. The Hall–Kier alpha value is -3.93. The fourth-order valence-corrected chi connectivity index (χ4v) is 2.87. The zero-order chi connectivity index (χ0) is 23.5. The maximum Gasteiger partial charge on any atom is 0.306 e. The molecule has 0 aliphatic heterocycles. The van der Waals surface area contributed by atoms with Crippen molar-refractivity contribution in [3.63, 3.8) is 0 Å². The fourth-order valence-electron chi connectivity index (χ4n) is 2.87. The van der Waals surface area contributed by atoms with E-state index in [0.717, 1.165) is 4.90 Å². The molecule has 0 unspecified atom stereocenters. The first-order chi connectivity index (χ1) is 15.4. The zero-order valence-corrected chi connectivity index (χ0v) is 17.8. The van der Waals surface area contributed by atoms with Crippen LogP contribution in [-0.4, -0.2) is 45.0 Å². The first-order valence-corrected chi connectivity index (χ1v) is 9.74. The van der Waals surface area contributed by atoms with Crippen LogP contribution >= 0.6 is 0 Å². The molecule has 9 heteroatoms. The number of hydrogen-bond donors (Lipinski definition) is 0. The molecule has 2 aromatic rings. The normalized spacial score (nSPS) is 10.1. The highest BCUT2D eigenvalue weighted by molar-refractivity contribution is 5.98. The lowest BCUT2D eigenvalue weighted by molar-refractivity contribution is -0.147. The highest BCUT2D eigenvalue weighted by atomic mass is 19.1. The Morgan fingerprint density at radius 2 is 1.75 bits per heavy atom. The molecular formula is C23H23FN2O6. The number of ether oxygens (including phenoxy) is 3. The molecule has 0 heterocycles. The molecule has 168 valence electrons. The van der Waals surface area contributed by atoms with Gasteiger partial charge in [0.1, 0.15) is 5.82 Å². The van der Waals surface area contributed by atoms with Gasteiger partial charge in [-0.2, -0.15) is 5.26 Å². The molecule has 0 fully saturated rings. The van der Waals surface area contributed by atoms with Gasteiger partial charge in [-0.3, -0.25) is 14.4 Å². The van der Waals surface area contributed by atoms with Crippen molar-refractivity contribution in [1.82, 2.24) is 0 Å². The number of carbonyl (C=O) groups is 3. The first-order valence-electron chi connectivity index (χ1n) is 9.74. The van der Waals surface area contributed by atoms with Gasteiger partial charge in [-0.25, -0.2) is 4.39 Å². The fraction of sp³-hybridized carbons (Fsp3) is 0.304. The number of nitriles is 1. The number of Topliss-reactive ketones (excluding diaryl/α,β-unsaturated/α-hetero) is 1. The number of benzene rings is 2. The van der Waals surface area contributed by atoms with E-state index in [1.54, 1.807) is 18.2 Å². The van der Waals surface area contributed by atoms with E-state index in [1.807, 2.05) is 6.07 Å². The summed E-state index contributed by atoms with van der Waals surface area (Å²) >= 11 is 0. The third kappa shape index (κ3) is 6.54. The van der Waals surface area contributed by atoms with Crippen LogP contribution in [0.3, 0.4) is 0 Å². The predicted octanol–water partition coefficient (Wildman–Crippen LogP) is 3.30. The number of ketones is 1. The number of hydrogen-bond acceptors (Lipinski definition) is 7. The number of para-hydroxylation sites is 1. The monoisotopic (exact) mass is 442 g/mol. The Balaban J connectivity index is 1.92. The highest BCUT2D eigenvalue weighted by Crippen LogP contribution is 2.28. The summed E-state index contributed by atoms with van der Waals surface area (Å²) in [6, 6.07) is 12.2. The van der Waals surface area contributed by atoms with Gasteiger partial charge in [-0.1, -0.05) is 12.1 Å². The largest absolute Gasteiger partial charge is 0.493 e. The van der Waals surface area contributed by atoms with Crippen molar-refractivity contribution in [3.8, 4) is 17.6 Å². The summed E-state index contributed by atoms with van der Waals surface area (Å²) in [5.74, 6) is -1.51. The van der Waals surface area contributed by atoms with E-state index >= 15 is 0 Å². The molecule has 32 heavy (non-hydrogen) atoms. The van der Waals surface area contributed by atoms with Crippen molar-refractivity contribution in [3.05, 3.63) is 53.8 Å². The summed E-state index contributed by atoms with van der Waals surface area (Å²) in [6.45, 7) is -0.686. The van der Waals surface area contributed by atoms with E-state index in [9.17, 15) is 18.8 Å². The number of rotatable bonds is 11. The smallest absolute Gasteiger partial charge is 0.306 e. The van der Waals surface area contributed by atoms with Crippen LogP contribution in [0.1, 0.15) is 29.6 Å². The number of methoxy groups -OCH3 is 2. The zero-order valence-electron chi connectivity index (χ0n) is 17.8. The SMILES string of the molecule is COc1ccc(C(=O)CCC(=O)OCC(=O)N(CCC#N)c2ccccc2F)cc1OC. The molecule has 0 aromatic heterocycles. The lowest BCUT2D eigenvalue weighted by Gasteiger charge is -2.22. The summed E-state index contributed by atoms with van der Waals surface area (Å²) < 4.78 is 29.3. The molecule has 0 aliphatic rings. The molecule has 0 aliphatic carbocycles. The van der Waals surface area contributed by atoms with Gasteiger partial charge in [-0.05, 0) is 30.3 Å². The molecule has 0 N–H and O–H groups in total. The van der Waals surface area contributed by atoms with Gasteiger partial charge >= 0.3 is 5.97 Å². The Morgan fingerprint density at radius 1 is 1.03 bits per heavy atom. The van der Waals surface area contributed by atoms with Gasteiger partial charge in [0.2, 0.25) is 0 Å². The van der Waals surface area contributed by atoms with Crippen molar-refractivity contribution in [2.45, 2.75) is 19.3 Å². The van der Waals surface area contributed by atoms with Gasteiger partial charge in [0.15, 0.2) is 23.9 Å². The number of anilines is 1. The van der Waals surface area contributed by atoms with Crippen LogP contribution in [0.15, 0.2) is 42.5 Å². The lowest BCUT2D eigenvalue weighted by atomic mass is 10.1. The van der Waals surface area contributed by atoms with Crippen LogP contribution in [0.5, 0.6) is 11.5 Å². The van der Waals surface area contributed by atoms with Crippen molar-refractivity contribution in [2.75, 3.05) is 32.3 Å². The average Bonchev–Trinajstić information content (AvgIpc) is 2.81. The van der Waals surface area contributed by atoms with Crippen LogP contribution in [0.4, 0.5) is 10.1 Å². The molecule has 1 amide bonds. The second-order valence-electron chi connectivity index (χ2n) is 6.56. The Bertz CT molecular complexity index is 1020. The van der Waals surface area contributed by atoms with Gasteiger partial charge in [0.25, 0.3) is 5.91 Å². The van der Waals surface area contributed by atoms with E-state index in [-0.39, 0.29) is 37.3 Å². The number of carbonyl (C=O) groups excluding carboxylic acids is 3. The summed E-state index contributed by atoms with van der Waals surface area (Å²) in [6.07, 6.45) is -0.389. The third-order valence-electron chi connectivity index (χ3n) is 4.51. The number of amides is 1. The highest BCUT2D eigenvalue weighted by Gasteiger charge is 2.20. The number of esters is 1. The van der Waals surface area contributed by atoms with Crippen molar-refractivity contribution >= 4 is 23.3 Å². The second kappa shape index (κ2) is 12.1.